The van der Waals surface area contributed by atoms with Gasteiger partial charge in [-0.2, -0.15) is 8.78 Å². The molecule has 0 aromatic heterocycles. The van der Waals surface area contributed by atoms with Gasteiger partial charge in [-0.15, -0.1) is 8.78 Å². The molecule has 0 amide bonds. The lowest BCUT2D eigenvalue weighted by Gasteiger charge is -2.30. The number of hydrogen-bond donors (Lipinski definition) is 0. The van der Waals surface area contributed by atoms with E-state index in [0.29, 0.717) is 10.9 Å². The van der Waals surface area contributed by atoms with Crippen molar-refractivity contribution in [2.45, 2.75) is 17.7 Å². The van der Waals surface area contributed by atoms with Gasteiger partial charge >= 0.3 is 12.4 Å². The van der Waals surface area contributed by atoms with Gasteiger partial charge in [-0.1, -0.05) is 22.0 Å². The molecule has 0 saturated carbocycles. The molecule has 0 bridgehead atoms. The molecule has 1 aliphatic rings. The topological polar surface area (TPSA) is 18.5 Å². The van der Waals surface area contributed by atoms with E-state index in [4.69, 9.17) is 0 Å². The van der Waals surface area contributed by atoms with Crippen LogP contribution in [0.15, 0.2) is 18.2 Å². The molecule has 0 N–H and O–H groups in total. The van der Waals surface area contributed by atoms with E-state index < -0.39 is 23.7 Å². The van der Waals surface area contributed by atoms with Crippen molar-refractivity contribution in [3.63, 3.8) is 0 Å². The summed E-state index contributed by atoms with van der Waals surface area (Å²) < 4.78 is 59.0. The minimum atomic E-state index is -4.31. The Bertz CT molecular complexity index is 422. The van der Waals surface area contributed by atoms with E-state index in [-0.39, 0.29) is 0 Å². The van der Waals surface area contributed by atoms with E-state index >= 15 is 0 Å². The molecule has 88 valence electrons. The molecule has 0 spiro atoms. The van der Waals surface area contributed by atoms with Crippen LogP contribution in [0, 0.1) is 0 Å². The van der Waals surface area contributed by atoms with Crippen LogP contribution in [-0.2, 0) is 16.2 Å². The van der Waals surface area contributed by atoms with Gasteiger partial charge in [0.2, 0.25) is 0 Å². The number of fused-ring (bicyclic) bond motifs is 1. The van der Waals surface area contributed by atoms with E-state index in [0.717, 1.165) is 12.1 Å². The van der Waals surface area contributed by atoms with Crippen molar-refractivity contribution in [3.8, 4) is 5.75 Å². The van der Waals surface area contributed by atoms with Crippen molar-refractivity contribution in [2.24, 2.45) is 0 Å². The first kappa shape index (κ1) is 11.7. The van der Waals surface area contributed by atoms with Crippen molar-refractivity contribution in [2.75, 3.05) is 0 Å². The highest BCUT2D eigenvalue weighted by molar-refractivity contribution is 9.08. The number of ether oxygens (including phenoxy) is 2. The summed E-state index contributed by atoms with van der Waals surface area (Å²) in [7, 11) is 0. The predicted octanol–water partition coefficient (Wildman–Crippen LogP) is 3.59. The van der Waals surface area contributed by atoms with Gasteiger partial charge in [-0.3, -0.25) is 0 Å². The second-order valence-electron chi connectivity index (χ2n) is 3.15. The summed E-state index contributed by atoms with van der Waals surface area (Å²) in [6.45, 7) is 0. The molecule has 7 heteroatoms. The molecule has 1 aromatic rings. The van der Waals surface area contributed by atoms with Crippen molar-refractivity contribution in [3.05, 3.63) is 29.3 Å². The molecule has 1 heterocycles. The number of rotatable bonds is 1. The fourth-order valence-corrected chi connectivity index (χ4v) is 1.68. The molecule has 1 aliphatic heterocycles. The zero-order valence-electron chi connectivity index (χ0n) is 7.65. The van der Waals surface area contributed by atoms with Gasteiger partial charge in [-0.05, 0) is 17.7 Å². The maximum absolute atomic E-state index is 13.2. The quantitative estimate of drug-likeness (QED) is 0.583. The van der Waals surface area contributed by atoms with Gasteiger partial charge in [0.15, 0.2) is 0 Å². The number of halogens is 5. The molecular weight excluding hydrogens is 296 g/mol. The summed E-state index contributed by atoms with van der Waals surface area (Å²) in [4.78, 5) is 0. The molecule has 0 radical (unpaired) electrons. The van der Waals surface area contributed by atoms with E-state index in [1.807, 2.05) is 0 Å². The van der Waals surface area contributed by atoms with Crippen LogP contribution in [0.25, 0.3) is 0 Å². The normalized spacial score (nSPS) is 21.1. The third-order valence-electron chi connectivity index (χ3n) is 1.99. The number of hydrogen-bond acceptors (Lipinski definition) is 2. The van der Waals surface area contributed by atoms with Gasteiger partial charge in [0.25, 0.3) is 0 Å². The fourth-order valence-electron chi connectivity index (χ4n) is 1.33. The van der Waals surface area contributed by atoms with Crippen LogP contribution in [0.4, 0.5) is 17.6 Å². The third-order valence-corrected chi connectivity index (χ3v) is 2.64. The van der Waals surface area contributed by atoms with Crippen LogP contribution in [0.2, 0.25) is 0 Å². The van der Waals surface area contributed by atoms with Gasteiger partial charge in [0.1, 0.15) is 5.75 Å². The molecule has 0 aliphatic carbocycles. The highest BCUT2D eigenvalue weighted by Gasteiger charge is 2.54. The summed E-state index contributed by atoms with van der Waals surface area (Å²) in [5.41, 5.74) is -0.189. The second-order valence-corrected chi connectivity index (χ2v) is 3.71. The SMILES string of the molecule is FC1(F)Oc2ccc(CBr)cc2C(F)(F)O1. The lowest BCUT2D eigenvalue weighted by atomic mass is 10.1. The molecular formula is C9H5BrF4O2. The smallest absolute Gasteiger partial charge is 0.409 e. The zero-order chi connectivity index (χ0) is 12.0. The Labute approximate surface area is 96.3 Å². The summed E-state index contributed by atoms with van der Waals surface area (Å²) in [6, 6.07) is 3.53. The third kappa shape index (κ3) is 2.01. The highest BCUT2D eigenvalue weighted by Crippen LogP contribution is 2.46. The number of alkyl halides is 5. The van der Waals surface area contributed by atoms with E-state index in [1.54, 1.807) is 0 Å². The molecule has 16 heavy (non-hydrogen) atoms. The van der Waals surface area contributed by atoms with Gasteiger partial charge in [0, 0.05) is 5.33 Å². The van der Waals surface area contributed by atoms with Crippen LogP contribution < -0.4 is 4.74 Å². The zero-order valence-corrected chi connectivity index (χ0v) is 9.23. The molecule has 0 fully saturated rings. The maximum Gasteiger partial charge on any atom is 0.540 e. The van der Waals surface area contributed by atoms with E-state index in [1.165, 1.54) is 6.07 Å². The first-order valence-electron chi connectivity index (χ1n) is 4.18. The van der Waals surface area contributed by atoms with Gasteiger partial charge in [0.05, 0.1) is 5.56 Å². The summed E-state index contributed by atoms with van der Waals surface area (Å²) in [6.07, 6.45) is -8.37. The van der Waals surface area contributed by atoms with Crippen molar-refractivity contribution >= 4 is 15.9 Å². The summed E-state index contributed by atoms with van der Waals surface area (Å²) >= 11 is 3.07. The average molecular weight is 301 g/mol. The predicted molar refractivity (Wildman–Crippen MR) is 49.6 cm³/mol. The van der Waals surface area contributed by atoms with Crippen LogP contribution in [0.3, 0.4) is 0 Å². The average Bonchev–Trinajstić information content (AvgIpc) is 2.14. The van der Waals surface area contributed by atoms with Gasteiger partial charge in [-0.25, -0.2) is 4.74 Å². The Morgan fingerprint density at radius 2 is 1.88 bits per heavy atom. The Kier molecular flexibility index (Phi) is 2.62. The van der Waals surface area contributed by atoms with Crippen molar-refractivity contribution < 1.29 is 27.0 Å². The van der Waals surface area contributed by atoms with E-state index in [9.17, 15) is 17.6 Å². The van der Waals surface area contributed by atoms with Crippen molar-refractivity contribution in [1.29, 1.82) is 0 Å². The Morgan fingerprint density at radius 3 is 2.50 bits per heavy atom. The Hall–Kier alpha value is -0.820. The standard InChI is InChI=1S/C9H5BrF4O2/c10-4-5-1-2-7-6(3-5)8(11,12)16-9(13,14)15-7/h1-3H,4H2. The molecule has 0 saturated heterocycles. The number of benzene rings is 1. The summed E-state index contributed by atoms with van der Waals surface area (Å²) in [5.74, 6) is -0.578. The van der Waals surface area contributed by atoms with Crippen LogP contribution >= 0.6 is 15.9 Å². The largest absolute Gasteiger partial charge is 0.540 e. The summed E-state index contributed by atoms with van der Waals surface area (Å²) in [5, 5.41) is 0.326. The minimum Gasteiger partial charge on any atom is -0.409 e. The second kappa shape index (κ2) is 3.59. The molecule has 2 nitrogen and oxygen atoms in total. The van der Waals surface area contributed by atoms with Crippen LogP contribution in [0.5, 0.6) is 5.75 Å². The van der Waals surface area contributed by atoms with Crippen LogP contribution in [-0.4, -0.2) is 6.29 Å². The first-order chi connectivity index (χ1) is 7.34. The Morgan fingerprint density at radius 1 is 1.19 bits per heavy atom. The highest BCUT2D eigenvalue weighted by atomic mass is 79.9. The fraction of sp³-hybridized carbons (Fsp3) is 0.333. The molecule has 0 atom stereocenters. The van der Waals surface area contributed by atoms with Crippen LogP contribution in [0.1, 0.15) is 11.1 Å². The lowest BCUT2D eigenvalue weighted by Crippen LogP contribution is -2.41. The molecule has 1 aromatic carbocycles. The lowest BCUT2D eigenvalue weighted by molar-refractivity contribution is -0.461. The Balaban J connectivity index is 2.51. The van der Waals surface area contributed by atoms with Gasteiger partial charge < -0.3 is 4.74 Å². The molecule has 0 unspecified atom stereocenters. The molecule has 2 rings (SSSR count). The van der Waals surface area contributed by atoms with Crippen molar-refractivity contribution in [1.82, 2.24) is 0 Å². The van der Waals surface area contributed by atoms with E-state index in [2.05, 4.69) is 25.4 Å². The first-order valence-corrected chi connectivity index (χ1v) is 5.30. The maximum atomic E-state index is 13.2. The monoisotopic (exact) mass is 300 g/mol. The minimum absolute atomic E-state index is 0.326.